The maximum Gasteiger partial charge on any atom is 0.417 e. The number of likely N-dealkylation sites (tertiary alicyclic amines) is 1. The molecule has 0 aromatic heterocycles. The Morgan fingerprint density at radius 3 is 2.33 bits per heavy atom. The van der Waals surface area contributed by atoms with Crippen LogP contribution < -0.4 is 0 Å². The van der Waals surface area contributed by atoms with Gasteiger partial charge in [-0.05, 0) is 56.9 Å². The molecule has 148 valence electrons. The number of nitrogens with one attached hydrogen (secondary N) is 1. The van der Waals surface area contributed by atoms with Crippen LogP contribution in [-0.4, -0.2) is 29.6 Å². The quantitative estimate of drug-likeness (QED) is 0.621. The first-order valence-electron chi connectivity index (χ1n) is 8.97. The first-order chi connectivity index (χ1) is 12.6. The fourth-order valence-corrected chi connectivity index (χ4v) is 3.52. The summed E-state index contributed by atoms with van der Waals surface area (Å²) in [6.45, 7) is 6.99. The van der Waals surface area contributed by atoms with Gasteiger partial charge in [0.25, 0.3) is 5.91 Å². The SMILES string of the molecule is CC/C(C)=C(\C)C(=N)C1CCN(C(=O)c2ccc(C(F)(F)F)c(Cl)c2)CC1. The zero-order chi connectivity index (χ0) is 20.4. The van der Waals surface area contributed by atoms with E-state index in [1.54, 1.807) is 4.90 Å². The second-order valence-electron chi connectivity index (χ2n) is 6.93. The predicted octanol–water partition coefficient (Wildman–Crippen LogP) is 5.98. The number of piperidine rings is 1. The molecule has 0 spiro atoms. The van der Waals surface area contributed by atoms with Crippen molar-refractivity contribution in [2.45, 2.75) is 46.2 Å². The van der Waals surface area contributed by atoms with Crippen LogP contribution in [0.5, 0.6) is 0 Å². The molecule has 0 radical (unpaired) electrons. The Labute approximate surface area is 162 Å². The van der Waals surface area contributed by atoms with Crippen molar-refractivity contribution in [3.63, 3.8) is 0 Å². The van der Waals surface area contributed by atoms with Crippen molar-refractivity contribution in [2.24, 2.45) is 5.92 Å². The van der Waals surface area contributed by atoms with Gasteiger partial charge in [-0.2, -0.15) is 13.2 Å². The Kier molecular flexibility index (Phi) is 6.73. The van der Waals surface area contributed by atoms with Crippen molar-refractivity contribution >= 4 is 23.2 Å². The molecule has 1 aromatic carbocycles. The zero-order valence-corrected chi connectivity index (χ0v) is 16.5. The maximum absolute atomic E-state index is 12.8. The Balaban J connectivity index is 2.05. The van der Waals surface area contributed by atoms with Crippen molar-refractivity contribution in [2.75, 3.05) is 13.1 Å². The Bertz CT molecular complexity index is 763. The molecular formula is C20H24ClF3N2O. The highest BCUT2D eigenvalue weighted by Gasteiger charge is 2.34. The van der Waals surface area contributed by atoms with Crippen LogP contribution in [0.1, 0.15) is 56.0 Å². The monoisotopic (exact) mass is 400 g/mol. The summed E-state index contributed by atoms with van der Waals surface area (Å²) < 4.78 is 38.4. The van der Waals surface area contributed by atoms with E-state index in [1.165, 1.54) is 11.6 Å². The van der Waals surface area contributed by atoms with E-state index in [4.69, 9.17) is 17.0 Å². The lowest BCUT2D eigenvalue weighted by Gasteiger charge is -2.33. The minimum absolute atomic E-state index is 0.103. The van der Waals surface area contributed by atoms with Gasteiger partial charge >= 0.3 is 6.18 Å². The number of halogens is 4. The lowest BCUT2D eigenvalue weighted by Crippen LogP contribution is -2.40. The van der Waals surface area contributed by atoms with Crippen molar-refractivity contribution in [3.8, 4) is 0 Å². The molecule has 1 aliphatic heterocycles. The minimum Gasteiger partial charge on any atom is -0.339 e. The van der Waals surface area contributed by atoms with Crippen LogP contribution in [0.4, 0.5) is 13.2 Å². The third-order valence-corrected chi connectivity index (χ3v) is 5.60. The van der Waals surface area contributed by atoms with Crippen LogP contribution in [0.25, 0.3) is 0 Å². The van der Waals surface area contributed by atoms with Crippen molar-refractivity contribution < 1.29 is 18.0 Å². The highest BCUT2D eigenvalue weighted by atomic mass is 35.5. The summed E-state index contributed by atoms with van der Waals surface area (Å²) in [5.74, 6) is -0.223. The fraction of sp³-hybridized carbons (Fsp3) is 0.500. The first kappa shape index (κ1) is 21.5. The molecule has 27 heavy (non-hydrogen) atoms. The molecule has 0 aliphatic carbocycles. The van der Waals surface area contributed by atoms with Gasteiger partial charge in [0.1, 0.15) is 0 Å². The molecule has 0 bridgehead atoms. The van der Waals surface area contributed by atoms with Gasteiger partial charge in [-0.15, -0.1) is 0 Å². The third kappa shape index (κ3) is 4.92. The van der Waals surface area contributed by atoms with Gasteiger partial charge in [0.2, 0.25) is 0 Å². The highest BCUT2D eigenvalue weighted by molar-refractivity contribution is 6.31. The molecule has 1 fully saturated rings. The molecule has 7 heteroatoms. The smallest absolute Gasteiger partial charge is 0.339 e. The number of hydrogen-bond donors (Lipinski definition) is 1. The van der Waals surface area contributed by atoms with Crippen molar-refractivity contribution in [3.05, 3.63) is 45.5 Å². The molecule has 1 heterocycles. The highest BCUT2D eigenvalue weighted by Crippen LogP contribution is 2.35. The number of nitrogens with zero attached hydrogens (tertiary/aromatic N) is 1. The predicted molar refractivity (Wildman–Crippen MR) is 101 cm³/mol. The van der Waals surface area contributed by atoms with Crippen LogP contribution in [0.3, 0.4) is 0 Å². The summed E-state index contributed by atoms with van der Waals surface area (Å²) >= 11 is 5.72. The van der Waals surface area contributed by atoms with E-state index in [0.717, 1.165) is 24.1 Å². The normalized spacial score (nSPS) is 16.9. The second-order valence-corrected chi connectivity index (χ2v) is 7.34. The minimum atomic E-state index is -4.54. The number of rotatable bonds is 4. The molecule has 0 unspecified atom stereocenters. The van der Waals surface area contributed by atoms with Crippen LogP contribution in [0.15, 0.2) is 29.3 Å². The number of alkyl halides is 3. The Morgan fingerprint density at radius 2 is 1.85 bits per heavy atom. The van der Waals surface area contributed by atoms with Crippen molar-refractivity contribution in [1.29, 1.82) is 5.41 Å². The van der Waals surface area contributed by atoms with Gasteiger partial charge in [0.05, 0.1) is 10.6 Å². The third-order valence-electron chi connectivity index (χ3n) is 5.29. The van der Waals surface area contributed by atoms with Gasteiger partial charge in [0, 0.05) is 30.3 Å². The topological polar surface area (TPSA) is 44.2 Å². The molecule has 0 saturated carbocycles. The number of benzene rings is 1. The summed E-state index contributed by atoms with van der Waals surface area (Å²) in [4.78, 5) is 14.2. The maximum atomic E-state index is 12.8. The van der Waals surface area contributed by atoms with Crippen LogP contribution in [0, 0.1) is 11.3 Å². The number of amides is 1. The molecule has 1 amide bonds. The molecule has 1 saturated heterocycles. The summed E-state index contributed by atoms with van der Waals surface area (Å²) in [5.41, 5.74) is 2.04. The van der Waals surface area contributed by atoms with Gasteiger partial charge < -0.3 is 10.3 Å². The number of hydrogen-bond acceptors (Lipinski definition) is 2. The average Bonchev–Trinajstić information content (AvgIpc) is 2.64. The van der Waals surface area contributed by atoms with E-state index < -0.39 is 16.8 Å². The van der Waals surface area contributed by atoms with E-state index in [9.17, 15) is 18.0 Å². The summed E-state index contributed by atoms with van der Waals surface area (Å²) in [6, 6.07) is 3.10. The largest absolute Gasteiger partial charge is 0.417 e. The fourth-order valence-electron chi connectivity index (χ4n) is 3.23. The van der Waals surface area contributed by atoms with Gasteiger partial charge in [-0.3, -0.25) is 4.79 Å². The second kappa shape index (κ2) is 8.46. The van der Waals surface area contributed by atoms with Crippen molar-refractivity contribution in [1.82, 2.24) is 4.90 Å². The lowest BCUT2D eigenvalue weighted by molar-refractivity contribution is -0.137. The van der Waals surface area contributed by atoms with Crippen LogP contribution in [0.2, 0.25) is 5.02 Å². The molecule has 2 rings (SSSR count). The zero-order valence-electron chi connectivity index (χ0n) is 15.7. The van der Waals surface area contributed by atoms with E-state index in [2.05, 4.69) is 6.92 Å². The summed E-state index contributed by atoms with van der Waals surface area (Å²) in [7, 11) is 0. The lowest BCUT2D eigenvalue weighted by atomic mass is 9.86. The molecule has 1 aromatic rings. The summed E-state index contributed by atoms with van der Waals surface area (Å²) in [6.07, 6.45) is -2.29. The Hall–Kier alpha value is -1.82. The standard InChI is InChI=1S/C20H24ClF3N2O/c1-4-12(2)13(3)18(25)14-7-9-26(10-8-14)19(27)15-5-6-16(17(21)11-15)20(22,23)24/h5-6,11,14,25H,4,7-10H2,1-3H3/b13-12+,25-18?. The summed E-state index contributed by atoms with van der Waals surface area (Å²) in [5, 5.41) is 7.91. The van der Waals surface area contributed by atoms with Gasteiger partial charge in [-0.25, -0.2) is 0 Å². The molecular weight excluding hydrogens is 377 g/mol. The van der Waals surface area contributed by atoms with Gasteiger partial charge in [0.15, 0.2) is 0 Å². The molecule has 0 atom stereocenters. The van der Waals surface area contributed by atoms with E-state index in [-0.39, 0.29) is 17.4 Å². The first-order valence-corrected chi connectivity index (χ1v) is 9.35. The number of allylic oxidation sites excluding steroid dienone is 2. The van der Waals surface area contributed by atoms with E-state index in [1.807, 2.05) is 13.8 Å². The average molecular weight is 401 g/mol. The van der Waals surface area contributed by atoms with Gasteiger partial charge in [-0.1, -0.05) is 24.1 Å². The van der Waals surface area contributed by atoms with Crippen LogP contribution >= 0.6 is 11.6 Å². The number of carbonyl (C=O) groups is 1. The molecule has 1 N–H and O–H groups in total. The number of carbonyl (C=O) groups excluding carboxylic acids is 1. The van der Waals surface area contributed by atoms with Crippen LogP contribution in [-0.2, 0) is 6.18 Å². The molecule has 3 nitrogen and oxygen atoms in total. The Morgan fingerprint density at radius 1 is 1.26 bits per heavy atom. The van der Waals surface area contributed by atoms with E-state index >= 15 is 0 Å². The van der Waals surface area contributed by atoms with E-state index in [0.29, 0.717) is 31.6 Å². The molecule has 1 aliphatic rings.